The van der Waals surface area contributed by atoms with Crippen LogP contribution >= 0.6 is 15.9 Å². The lowest BCUT2D eigenvalue weighted by Crippen LogP contribution is -2.48. The molecule has 7 heteroatoms. The summed E-state index contributed by atoms with van der Waals surface area (Å²) >= 11 is 3.45. The van der Waals surface area contributed by atoms with Gasteiger partial charge in [-0.2, -0.15) is 0 Å². The van der Waals surface area contributed by atoms with Crippen LogP contribution < -0.4 is 4.90 Å². The second-order valence-corrected chi connectivity index (χ2v) is 6.73. The van der Waals surface area contributed by atoms with Crippen LogP contribution in [0.15, 0.2) is 22.7 Å². The second kappa shape index (κ2) is 8.28. The molecule has 2 rings (SSSR count). The number of hydrogen-bond donors (Lipinski definition) is 0. The van der Waals surface area contributed by atoms with E-state index in [9.17, 15) is 14.4 Å². The average molecular weight is 396 g/mol. The van der Waals surface area contributed by atoms with Gasteiger partial charge in [-0.15, -0.1) is 0 Å². The lowest BCUT2D eigenvalue weighted by atomic mass is 10.2. The molecule has 6 nitrogen and oxygen atoms in total. The number of halogens is 1. The Morgan fingerprint density at radius 2 is 1.92 bits per heavy atom. The van der Waals surface area contributed by atoms with Gasteiger partial charge in [-0.05, 0) is 30.7 Å². The number of hydrogen-bond acceptors (Lipinski definition) is 3. The summed E-state index contributed by atoms with van der Waals surface area (Å²) in [6.07, 6.45) is 1.09. The number of amides is 3. The fraction of sp³-hybridized carbons (Fsp3) is 0.471. The van der Waals surface area contributed by atoms with Crippen LogP contribution in [-0.4, -0.2) is 60.7 Å². The van der Waals surface area contributed by atoms with E-state index >= 15 is 0 Å². The van der Waals surface area contributed by atoms with Crippen molar-refractivity contribution < 1.29 is 14.4 Å². The molecule has 0 bridgehead atoms. The van der Waals surface area contributed by atoms with Gasteiger partial charge in [0, 0.05) is 56.2 Å². The zero-order valence-corrected chi connectivity index (χ0v) is 15.6. The first kappa shape index (κ1) is 18.4. The Morgan fingerprint density at radius 1 is 1.25 bits per heavy atom. The van der Waals surface area contributed by atoms with Gasteiger partial charge in [-0.3, -0.25) is 14.4 Å². The number of nitrogens with zero attached hydrogens (tertiary/aromatic N) is 3. The normalized spacial score (nSPS) is 14.5. The van der Waals surface area contributed by atoms with Crippen LogP contribution in [0.5, 0.6) is 0 Å². The number of benzene rings is 1. The molecule has 24 heavy (non-hydrogen) atoms. The highest BCUT2D eigenvalue weighted by Crippen LogP contribution is 2.23. The number of carbonyl (C=O) groups is 3. The third-order valence-electron chi connectivity index (χ3n) is 4.20. The van der Waals surface area contributed by atoms with Crippen molar-refractivity contribution in [1.29, 1.82) is 0 Å². The van der Waals surface area contributed by atoms with E-state index in [1.807, 2.05) is 25.1 Å². The molecule has 0 N–H and O–H groups in total. The highest BCUT2D eigenvalue weighted by Gasteiger charge is 2.21. The summed E-state index contributed by atoms with van der Waals surface area (Å²) in [4.78, 5) is 40.1. The van der Waals surface area contributed by atoms with E-state index in [0.717, 1.165) is 22.1 Å². The first-order valence-electron chi connectivity index (χ1n) is 7.93. The van der Waals surface area contributed by atoms with Crippen molar-refractivity contribution in [2.75, 3.05) is 37.6 Å². The minimum Gasteiger partial charge on any atom is -0.342 e. The number of aryl methyl sites for hydroxylation is 1. The molecule has 3 amide bonds. The van der Waals surface area contributed by atoms with Gasteiger partial charge in [0.25, 0.3) is 0 Å². The Labute approximate surface area is 150 Å². The first-order valence-corrected chi connectivity index (χ1v) is 8.73. The second-order valence-electron chi connectivity index (χ2n) is 5.88. The van der Waals surface area contributed by atoms with Crippen molar-refractivity contribution >= 4 is 39.8 Å². The van der Waals surface area contributed by atoms with Gasteiger partial charge in [0.15, 0.2) is 0 Å². The minimum atomic E-state index is -0.0877. The molecule has 1 aromatic rings. The number of rotatable bonds is 5. The monoisotopic (exact) mass is 395 g/mol. The van der Waals surface area contributed by atoms with Gasteiger partial charge < -0.3 is 14.7 Å². The molecule has 1 aliphatic heterocycles. The molecule has 0 radical (unpaired) electrons. The maximum Gasteiger partial charge on any atom is 0.224 e. The Kier molecular flexibility index (Phi) is 6.36. The first-order chi connectivity index (χ1) is 11.4. The van der Waals surface area contributed by atoms with E-state index in [1.165, 1.54) is 6.92 Å². The predicted octanol–water partition coefficient (Wildman–Crippen LogP) is 1.80. The molecule has 1 heterocycles. The molecule has 0 aliphatic carbocycles. The van der Waals surface area contributed by atoms with E-state index in [4.69, 9.17) is 0 Å². The van der Waals surface area contributed by atoms with E-state index < -0.39 is 0 Å². The largest absolute Gasteiger partial charge is 0.342 e. The summed E-state index contributed by atoms with van der Waals surface area (Å²) in [6.45, 7) is 6.05. The topological polar surface area (TPSA) is 60.9 Å². The van der Waals surface area contributed by atoms with Crippen molar-refractivity contribution in [3.63, 3.8) is 0 Å². The number of carbonyl (C=O) groups excluding carboxylic acids is 3. The summed E-state index contributed by atoms with van der Waals surface area (Å²) in [5.41, 5.74) is 1.83. The third kappa shape index (κ3) is 4.56. The quantitative estimate of drug-likeness (QED) is 0.714. The highest BCUT2D eigenvalue weighted by atomic mass is 79.9. The molecule has 0 saturated carbocycles. The Bertz CT molecular complexity index is 628. The minimum absolute atomic E-state index is 0.0145. The summed E-state index contributed by atoms with van der Waals surface area (Å²) in [5.74, 6) is -0.0732. The average Bonchev–Trinajstić information content (AvgIpc) is 2.57. The van der Waals surface area contributed by atoms with E-state index in [2.05, 4.69) is 15.9 Å². The van der Waals surface area contributed by atoms with Crippen molar-refractivity contribution in [2.24, 2.45) is 0 Å². The third-order valence-corrected chi connectivity index (χ3v) is 5.09. The molecular formula is C17H22BrN3O3. The van der Waals surface area contributed by atoms with Crippen LogP contribution in [-0.2, 0) is 14.4 Å². The number of anilines is 1. The highest BCUT2D eigenvalue weighted by molar-refractivity contribution is 9.10. The van der Waals surface area contributed by atoms with Crippen LogP contribution in [0.3, 0.4) is 0 Å². The smallest absolute Gasteiger partial charge is 0.224 e. The fourth-order valence-corrected chi connectivity index (χ4v) is 2.95. The predicted molar refractivity (Wildman–Crippen MR) is 95.7 cm³/mol. The maximum absolute atomic E-state index is 12.3. The molecule has 0 aromatic heterocycles. The fourth-order valence-electron chi connectivity index (χ4n) is 2.71. The molecule has 0 spiro atoms. The van der Waals surface area contributed by atoms with Crippen LogP contribution in [0.4, 0.5) is 5.69 Å². The molecule has 1 aliphatic rings. The lowest BCUT2D eigenvalue weighted by molar-refractivity contribution is -0.135. The molecular weight excluding hydrogens is 374 g/mol. The summed E-state index contributed by atoms with van der Waals surface area (Å²) < 4.78 is 0.985. The molecule has 0 atom stereocenters. The molecule has 1 aromatic carbocycles. The lowest BCUT2D eigenvalue weighted by Gasteiger charge is -2.33. The van der Waals surface area contributed by atoms with E-state index in [0.29, 0.717) is 32.7 Å². The van der Waals surface area contributed by atoms with Gasteiger partial charge in [0.2, 0.25) is 18.2 Å². The Morgan fingerprint density at radius 3 is 2.46 bits per heavy atom. The van der Waals surface area contributed by atoms with Crippen LogP contribution in [0.1, 0.15) is 18.9 Å². The van der Waals surface area contributed by atoms with Crippen molar-refractivity contribution in [2.45, 2.75) is 20.3 Å². The summed E-state index contributed by atoms with van der Waals surface area (Å²) in [6, 6.07) is 5.70. The van der Waals surface area contributed by atoms with Crippen LogP contribution in [0.25, 0.3) is 0 Å². The van der Waals surface area contributed by atoms with Crippen LogP contribution in [0, 0.1) is 6.92 Å². The standard InChI is InChI=1S/C17H22BrN3O3/c1-13-11-15(3-4-16(13)18)21(14(2)23)6-5-17(24)20-9-7-19(12-22)8-10-20/h3-4,11-12H,5-10H2,1-2H3. The van der Waals surface area contributed by atoms with Gasteiger partial charge >= 0.3 is 0 Å². The van der Waals surface area contributed by atoms with Gasteiger partial charge in [-0.25, -0.2) is 0 Å². The SMILES string of the molecule is CC(=O)N(CCC(=O)N1CCN(C=O)CC1)c1ccc(Br)c(C)c1. The Balaban J connectivity index is 1.96. The molecule has 1 saturated heterocycles. The zero-order valence-electron chi connectivity index (χ0n) is 14.0. The maximum atomic E-state index is 12.3. The zero-order chi connectivity index (χ0) is 17.7. The molecule has 0 unspecified atom stereocenters. The molecule has 130 valence electrons. The van der Waals surface area contributed by atoms with Gasteiger partial charge in [0.1, 0.15) is 0 Å². The van der Waals surface area contributed by atoms with Gasteiger partial charge in [-0.1, -0.05) is 15.9 Å². The summed E-state index contributed by atoms with van der Waals surface area (Å²) in [7, 11) is 0. The van der Waals surface area contributed by atoms with Gasteiger partial charge in [0.05, 0.1) is 0 Å². The number of piperazine rings is 1. The van der Waals surface area contributed by atoms with Crippen molar-refractivity contribution in [1.82, 2.24) is 9.80 Å². The van der Waals surface area contributed by atoms with Crippen molar-refractivity contribution in [3.8, 4) is 0 Å². The van der Waals surface area contributed by atoms with E-state index in [1.54, 1.807) is 14.7 Å². The molecule has 1 fully saturated rings. The van der Waals surface area contributed by atoms with Crippen LogP contribution in [0.2, 0.25) is 0 Å². The van der Waals surface area contributed by atoms with E-state index in [-0.39, 0.29) is 18.2 Å². The summed E-state index contributed by atoms with van der Waals surface area (Å²) in [5, 5.41) is 0. The Hall–Kier alpha value is -1.89. The van der Waals surface area contributed by atoms with Crippen molar-refractivity contribution in [3.05, 3.63) is 28.2 Å².